The van der Waals surface area contributed by atoms with Crippen molar-refractivity contribution in [2.75, 3.05) is 13.1 Å². The van der Waals surface area contributed by atoms with Gasteiger partial charge >= 0.3 is 0 Å². The number of Topliss-reactive ketones (excluding diaryl/α,β-unsaturated/α-hetero) is 1. The Labute approximate surface area is 113 Å². The van der Waals surface area contributed by atoms with Crippen LogP contribution in [0.4, 0.5) is 0 Å². The Kier molecular flexibility index (Phi) is 5.63. The first-order valence-corrected chi connectivity index (χ1v) is 7.18. The number of thiophene rings is 1. The van der Waals surface area contributed by atoms with Gasteiger partial charge in [-0.15, -0.1) is 11.3 Å². The SMILES string of the molecule is CCN(CC(C)C)C(C)C(=O)c1ccc(Cl)s1. The molecule has 0 aliphatic heterocycles. The maximum atomic E-state index is 12.2. The Balaban J connectivity index is 2.73. The van der Waals surface area contributed by atoms with Crippen LogP contribution < -0.4 is 0 Å². The molecule has 0 radical (unpaired) electrons. The summed E-state index contributed by atoms with van der Waals surface area (Å²) < 4.78 is 0.674. The lowest BCUT2D eigenvalue weighted by Gasteiger charge is -2.28. The number of hydrogen-bond acceptors (Lipinski definition) is 3. The summed E-state index contributed by atoms with van der Waals surface area (Å²) >= 11 is 7.22. The third-order valence-electron chi connectivity index (χ3n) is 2.75. The Morgan fingerprint density at radius 3 is 2.47 bits per heavy atom. The van der Waals surface area contributed by atoms with Gasteiger partial charge in [0.15, 0.2) is 5.78 Å². The molecule has 0 fully saturated rings. The van der Waals surface area contributed by atoms with Crippen molar-refractivity contribution in [1.82, 2.24) is 4.90 Å². The van der Waals surface area contributed by atoms with E-state index in [0.717, 1.165) is 18.0 Å². The number of carbonyl (C=O) groups is 1. The smallest absolute Gasteiger partial charge is 0.189 e. The lowest BCUT2D eigenvalue weighted by molar-refractivity contribution is 0.0834. The molecule has 1 aromatic rings. The summed E-state index contributed by atoms with van der Waals surface area (Å²) in [6.07, 6.45) is 0. The second-order valence-corrected chi connectivity index (χ2v) is 6.34. The van der Waals surface area contributed by atoms with Gasteiger partial charge in [-0.1, -0.05) is 32.4 Å². The van der Waals surface area contributed by atoms with E-state index < -0.39 is 0 Å². The fourth-order valence-electron chi connectivity index (χ4n) is 1.85. The zero-order valence-electron chi connectivity index (χ0n) is 10.9. The Morgan fingerprint density at radius 1 is 1.41 bits per heavy atom. The first-order valence-electron chi connectivity index (χ1n) is 5.99. The second kappa shape index (κ2) is 6.53. The lowest BCUT2D eigenvalue weighted by Crippen LogP contribution is -2.40. The average Bonchev–Trinajstić information content (AvgIpc) is 2.70. The van der Waals surface area contributed by atoms with Gasteiger partial charge in [-0.05, 0) is 31.5 Å². The van der Waals surface area contributed by atoms with Gasteiger partial charge in [0.25, 0.3) is 0 Å². The van der Waals surface area contributed by atoms with E-state index in [9.17, 15) is 4.79 Å². The average molecular weight is 274 g/mol. The van der Waals surface area contributed by atoms with Gasteiger partial charge in [-0.3, -0.25) is 9.69 Å². The Bertz CT molecular complexity index is 375. The van der Waals surface area contributed by atoms with Crippen LogP contribution in [0.2, 0.25) is 4.34 Å². The third-order valence-corrected chi connectivity index (χ3v) is 3.99. The lowest BCUT2D eigenvalue weighted by atomic mass is 10.1. The highest BCUT2D eigenvalue weighted by Gasteiger charge is 2.22. The molecule has 0 saturated heterocycles. The largest absolute Gasteiger partial charge is 0.293 e. The van der Waals surface area contributed by atoms with Crippen LogP contribution in [0.25, 0.3) is 0 Å². The van der Waals surface area contributed by atoms with E-state index in [1.807, 2.05) is 13.0 Å². The number of ketones is 1. The molecule has 1 atom stereocenters. The third kappa shape index (κ3) is 4.09. The van der Waals surface area contributed by atoms with E-state index in [1.54, 1.807) is 6.07 Å². The standard InChI is InChI=1S/C13H20ClNOS/c1-5-15(8-9(2)3)10(4)13(16)11-6-7-12(14)17-11/h6-7,9-10H,5,8H2,1-4H3. The van der Waals surface area contributed by atoms with Crippen LogP contribution >= 0.6 is 22.9 Å². The van der Waals surface area contributed by atoms with E-state index >= 15 is 0 Å². The van der Waals surface area contributed by atoms with Crippen molar-refractivity contribution in [3.05, 3.63) is 21.3 Å². The van der Waals surface area contributed by atoms with Gasteiger partial charge in [-0.25, -0.2) is 0 Å². The molecule has 1 rings (SSSR count). The maximum absolute atomic E-state index is 12.2. The first kappa shape index (κ1) is 14.7. The first-order chi connectivity index (χ1) is 7.95. The molecular formula is C13H20ClNOS. The van der Waals surface area contributed by atoms with Crippen LogP contribution in [0.5, 0.6) is 0 Å². The number of carbonyl (C=O) groups excluding carboxylic acids is 1. The van der Waals surface area contributed by atoms with Crippen LogP contribution in [-0.2, 0) is 0 Å². The second-order valence-electron chi connectivity index (χ2n) is 4.63. The van der Waals surface area contributed by atoms with Crippen molar-refractivity contribution in [2.24, 2.45) is 5.92 Å². The molecule has 0 amide bonds. The molecule has 17 heavy (non-hydrogen) atoms. The van der Waals surface area contributed by atoms with Crippen LogP contribution in [0.1, 0.15) is 37.4 Å². The molecule has 0 bridgehead atoms. The Hall–Kier alpha value is -0.380. The fourth-order valence-corrected chi connectivity index (χ4v) is 2.91. The zero-order chi connectivity index (χ0) is 13.0. The summed E-state index contributed by atoms with van der Waals surface area (Å²) in [6.45, 7) is 10.2. The highest BCUT2D eigenvalue weighted by Crippen LogP contribution is 2.23. The fraction of sp³-hybridized carbons (Fsp3) is 0.615. The van der Waals surface area contributed by atoms with Gasteiger partial charge in [0.2, 0.25) is 0 Å². The molecule has 2 nitrogen and oxygen atoms in total. The molecule has 0 aliphatic rings. The maximum Gasteiger partial charge on any atom is 0.189 e. The summed E-state index contributed by atoms with van der Waals surface area (Å²) in [6, 6.07) is 3.53. The van der Waals surface area contributed by atoms with E-state index in [4.69, 9.17) is 11.6 Å². The summed E-state index contributed by atoms with van der Waals surface area (Å²) in [7, 11) is 0. The molecule has 4 heteroatoms. The van der Waals surface area contributed by atoms with Gasteiger partial charge in [-0.2, -0.15) is 0 Å². The van der Waals surface area contributed by atoms with Crippen LogP contribution in [0.15, 0.2) is 12.1 Å². The summed E-state index contributed by atoms with van der Waals surface area (Å²) in [5.74, 6) is 0.738. The molecule has 96 valence electrons. The minimum atomic E-state index is -0.0721. The quantitative estimate of drug-likeness (QED) is 0.732. The predicted molar refractivity (Wildman–Crippen MR) is 75.2 cm³/mol. The van der Waals surface area contributed by atoms with Crippen molar-refractivity contribution >= 4 is 28.7 Å². The number of likely N-dealkylation sites (N-methyl/N-ethyl adjacent to an activating group) is 1. The predicted octanol–water partition coefficient (Wildman–Crippen LogP) is 3.95. The van der Waals surface area contributed by atoms with Crippen LogP contribution in [0, 0.1) is 5.92 Å². The minimum Gasteiger partial charge on any atom is -0.293 e. The van der Waals surface area contributed by atoms with Crippen molar-refractivity contribution in [1.29, 1.82) is 0 Å². The highest BCUT2D eigenvalue weighted by atomic mass is 35.5. The van der Waals surface area contributed by atoms with Crippen LogP contribution in [0.3, 0.4) is 0 Å². The molecule has 0 aromatic carbocycles. The Morgan fingerprint density at radius 2 is 2.06 bits per heavy atom. The van der Waals surface area contributed by atoms with Crippen molar-refractivity contribution < 1.29 is 4.79 Å². The zero-order valence-corrected chi connectivity index (χ0v) is 12.4. The molecular weight excluding hydrogens is 254 g/mol. The van der Waals surface area contributed by atoms with Gasteiger partial charge < -0.3 is 0 Å². The molecule has 0 N–H and O–H groups in total. The normalized spacial score (nSPS) is 13.4. The number of nitrogens with zero attached hydrogens (tertiary/aromatic N) is 1. The number of rotatable bonds is 6. The van der Waals surface area contributed by atoms with Crippen molar-refractivity contribution in [2.45, 2.75) is 33.7 Å². The highest BCUT2D eigenvalue weighted by molar-refractivity contribution is 7.18. The summed E-state index contributed by atoms with van der Waals surface area (Å²) in [5, 5.41) is 0. The minimum absolute atomic E-state index is 0.0721. The monoisotopic (exact) mass is 273 g/mol. The number of halogens is 1. The van der Waals surface area contributed by atoms with Gasteiger partial charge in [0, 0.05) is 6.54 Å². The van der Waals surface area contributed by atoms with E-state index in [2.05, 4.69) is 25.7 Å². The molecule has 0 spiro atoms. The molecule has 1 heterocycles. The number of hydrogen-bond donors (Lipinski definition) is 0. The van der Waals surface area contributed by atoms with Crippen LogP contribution in [-0.4, -0.2) is 29.8 Å². The molecule has 1 unspecified atom stereocenters. The molecule has 0 saturated carbocycles. The van der Waals surface area contributed by atoms with E-state index in [1.165, 1.54) is 11.3 Å². The van der Waals surface area contributed by atoms with Gasteiger partial charge in [0.05, 0.1) is 15.3 Å². The van der Waals surface area contributed by atoms with E-state index in [-0.39, 0.29) is 11.8 Å². The van der Waals surface area contributed by atoms with Crippen molar-refractivity contribution in [3.8, 4) is 0 Å². The van der Waals surface area contributed by atoms with Crippen molar-refractivity contribution in [3.63, 3.8) is 0 Å². The molecule has 0 aliphatic carbocycles. The topological polar surface area (TPSA) is 20.3 Å². The van der Waals surface area contributed by atoms with E-state index in [0.29, 0.717) is 10.3 Å². The summed E-state index contributed by atoms with van der Waals surface area (Å²) in [4.78, 5) is 15.2. The summed E-state index contributed by atoms with van der Waals surface area (Å²) in [5.41, 5.74) is 0. The van der Waals surface area contributed by atoms with Gasteiger partial charge in [0.1, 0.15) is 0 Å². The molecule has 1 aromatic heterocycles.